The zero-order chi connectivity index (χ0) is 27.3. The summed E-state index contributed by atoms with van der Waals surface area (Å²) in [5.41, 5.74) is 1.53. The van der Waals surface area contributed by atoms with E-state index in [0.717, 1.165) is 0 Å². The molecule has 38 heavy (non-hydrogen) atoms. The molecule has 0 radical (unpaired) electrons. The fourth-order valence-corrected chi connectivity index (χ4v) is 4.92. The van der Waals surface area contributed by atoms with E-state index in [2.05, 4.69) is 31.7 Å². The summed E-state index contributed by atoms with van der Waals surface area (Å²) in [7, 11) is 0. The molecule has 0 amide bonds. The molecule has 3 N–H and O–H groups in total. The third kappa shape index (κ3) is 6.96. The van der Waals surface area contributed by atoms with Gasteiger partial charge in [0, 0.05) is 45.0 Å². The third-order valence-corrected chi connectivity index (χ3v) is 6.40. The zero-order valence-electron chi connectivity index (χ0n) is 20.9. The lowest BCUT2D eigenvalue weighted by Gasteiger charge is -2.34. The Morgan fingerprint density at radius 2 is 1.05 bits per heavy atom. The lowest BCUT2D eigenvalue weighted by molar-refractivity contribution is 0.0679. The van der Waals surface area contributed by atoms with Crippen molar-refractivity contribution in [2.75, 3.05) is 26.2 Å². The molecular weight excluding hydrogens is 490 g/mol. The molecule has 11 nitrogen and oxygen atoms in total. The molecule has 1 fully saturated rings. The molecule has 1 aliphatic heterocycles. The second-order valence-electron chi connectivity index (χ2n) is 9.87. The van der Waals surface area contributed by atoms with Gasteiger partial charge in [0.05, 0.1) is 11.4 Å². The summed E-state index contributed by atoms with van der Waals surface area (Å²) in [5.74, 6) is -3.26. The Balaban J connectivity index is 1.60. The minimum absolute atomic E-state index is 0.0132. The molecule has 0 spiro atoms. The highest BCUT2D eigenvalue weighted by Gasteiger charge is 2.34. The van der Waals surface area contributed by atoms with Gasteiger partial charge in [-0.2, -0.15) is 0 Å². The lowest BCUT2D eigenvalue weighted by Crippen LogP contribution is -2.40. The van der Waals surface area contributed by atoms with Crippen LogP contribution in [-0.2, 0) is 19.5 Å². The number of carboxylic acids is 3. The van der Waals surface area contributed by atoms with Gasteiger partial charge in [0.25, 0.3) is 0 Å². The summed E-state index contributed by atoms with van der Waals surface area (Å²) in [6.45, 7) is 5.58. The van der Waals surface area contributed by atoms with Crippen molar-refractivity contribution in [3.63, 3.8) is 0 Å². The number of aromatic carboxylic acids is 3. The fraction of sp³-hybridized carbons (Fsp3) is 0.333. The van der Waals surface area contributed by atoms with Crippen LogP contribution in [0.1, 0.15) is 55.5 Å². The van der Waals surface area contributed by atoms with Gasteiger partial charge in [0.15, 0.2) is 0 Å². The number of pyridine rings is 3. The molecule has 0 saturated carbocycles. The maximum absolute atomic E-state index is 11.5. The topological polar surface area (TPSA) is 157 Å². The van der Waals surface area contributed by atoms with Crippen LogP contribution in [0.3, 0.4) is 0 Å². The number of carbonyl (C=O) groups is 3. The quantitative estimate of drug-likeness (QED) is 0.381. The minimum Gasteiger partial charge on any atom is -0.477 e. The second-order valence-corrected chi connectivity index (χ2v) is 9.87. The van der Waals surface area contributed by atoms with Gasteiger partial charge in [-0.25, -0.2) is 29.3 Å². The fourth-order valence-electron chi connectivity index (χ4n) is 4.92. The molecule has 0 aromatic carbocycles. The van der Waals surface area contributed by atoms with E-state index >= 15 is 0 Å². The first-order valence-electron chi connectivity index (χ1n) is 12.1. The van der Waals surface area contributed by atoms with Crippen LogP contribution < -0.4 is 0 Å². The molecular formula is C27H29N5O6. The molecule has 3 aromatic rings. The lowest BCUT2D eigenvalue weighted by atomic mass is 9.84. The van der Waals surface area contributed by atoms with Crippen molar-refractivity contribution >= 4 is 17.9 Å². The van der Waals surface area contributed by atoms with E-state index < -0.39 is 17.9 Å². The van der Waals surface area contributed by atoms with Gasteiger partial charge in [0.1, 0.15) is 17.1 Å². The van der Waals surface area contributed by atoms with Crippen LogP contribution in [0.25, 0.3) is 0 Å². The largest absolute Gasteiger partial charge is 0.477 e. The molecule has 1 aliphatic rings. The highest BCUT2D eigenvalue weighted by molar-refractivity contribution is 5.86. The molecule has 11 heteroatoms. The van der Waals surface area contributed by atoms with Crippen LogP contribution in [0.15, 0.2) is 54.6 Å². The molecule has 4 heterocycles. The van der Waals surface area contributed by atoms with E-state index in [1.807, 2.05) is 6.07 Å². The average molecular weight is 520 g/mol. The highest BCUT2D eigenvalue weighted by Crippen LogP contribution is 2.29. The summed E-state index contributed by atoms with van der Waals surface area (Å²) < 4.78 is 0. The van der Waals surface area contributed by atoms with Crippen LogP contribution in [0.4, 0.5) is 0 Å². The normalized spacial score (nSPS) is 16.0. The van der Waals surface area contributed by atoms with Gasteiger partial charge < -0.3 is 15.3 Å². The van der Waals surface area contributed by atoms with Crippen LogP contribution in [0.2, 0.25) is 0 Å². The van der Waals surface area contributed by atoms with Gasteiger partial charge in [-0.3, -0.25) is 9.80 Å². The van der Waals surface area contributed by atoms with Gasteiger partial charge in [-0.1, -0.05) is 25.1 Å². The average Bonchev–Trinajstić information content (AvgIpc) is 3.02. The maximum atomic E-state index is 11.5. The van der Waals surface area contributed by atoms with Gasteiger partial charge >= 0.3 is 17.9 Å². The molecule has 1 saturated heterocycles. The van der Waals surface area contributed by atoms with Crippen molar-refractivity contribution in [2.24, 2.45) is 5.41 Å². The summed E-state index contributed by atoms with van der Waals surface area (Å²) in [6.07, 6.45) is 0.506. The predicted molar refractivity (Wildman–Crippen MR) is 136 cm³/mol. The highest BCUT2D eigenvalue weighted by atomic mass is 16.4. The number of nitrogens with zero attached hydrogens (tertiary/aromatic N) is 5. The molecule has 0 unspecified atom stereocenters. The number of rotatable bonds is 9. The molecule has 198 valence electrons. The second kappa shape index (κ2) is 11.4. The Labute approximate surface area is 219 Å². The monoisotopic (exact) mass is 519 g/mol. The van der Waals surface area contributed by atoms with Crippen molar-refractivity contribution in [2.45, 2.75) is 26.4 Å². The Morgan fingerprint density at radius 1 is 0.684 bits per heavy atom. The number of aromatic nitrogens is 3. The zero-order valence-corrected chi connectivity index (χ0v) is 20.9. The summed E-state index contributed by atoms with van der Waals surface area (Å²) in [4.78, 5) is 51.5. The van der Waals surface area contributed by atoms with Gasteiger partial charge in [-0.05, 0) is 48.2 Å². The predicted octanol–water partition coefficient (Wildman–Crippen LogP) is 2.53. The minimum atomic E-state index is -1.09. The molecule has 0 atom stereocenters. The first kappa shape index (κ1) is 26.8. The molecule has 4 rings (SSSR count). The van der Waals surface area contributed by atoms with Gasteiger partial charge in [-0.15, -0.1) is 0 Å². The van der Waals surface area contributed by atoms with Crippen molar-refractivity contribution < 1.29 is 29.7 Å². The van der Waals surface area contributed by atoms with E-state index in [0.29, 0.717) is 62.8 Å². The summed E-state index contributed by atoms with van der Waals surface area (Å²) in [5, 5.41) is 28.0. The van der Waals surface area contributed by atoms with E-state index in [9.17, 15) is 29.7 Å². The SMILES string of the molecule is CC1(Cc2cccc(C(=O)O)n2)CN(Cc2cccc(C(=O)O)n2)CCN(Cc2cccc(C(=O)O)n2)C1. The smallest absolute Gasteiger partial charge is 0.354 e. The van der Waals surface area contributed by atoms with E-state index in [-0.39, 0.29) is 22.5 Å². The number of carboxylic acid groups (broad SMARTS) is 3. The van der Waals surface area contributed by atoms with Crippen LogP contribution in [0.5, 0.6) is 0 Å². The Morgan fingerprint density at radius 3 is 1.45 bits per heavy atom. The first-order valence-corrected chi connectivity index (χ1v) is 12.1. The summed E-state index contributed by atoms with van der Waals surface area (Å²) >= 11 is 0. The van der Waals surface area contributed by atoms with Crippen molar-refractivity contribution in [3.8, 4) is 0 Å². The summed E-state index contributed by atoms with van der Waals surface area (Å²) in [6, 6.07) is 14.8. The van der Waals surface area contributed by atoms with Crippen LogP contribution in [-0.4, -0.2) is 84.2 Å². The maximum Gasteiger partial charge on any atom is 0.354 e. The molecule has 0 bridgehead atoms. The van der Waals surface area contributed by atoms with E-state index in [1.54, 1.807) is 30.3 Å². The van der Waals surface area contributed by atoms with Crippen LogP contribution >= 0.6 is 0 Å². The number of hydrogen-bond donors (Lipinski definition) is 3. The third-order valence-electron chi connectivity index (χ3n) is 6.40. The van der Waals surface area contributed by atoms with Crippen molar-refractivity contribution in [1.29, 1.82) is 0 Å². The Bertz CT molecular complexity index is 1280. The van der Waals surface area contributed by atoms with Crippen molar-refractivity contribution in [1.82, 2.24) is 24.8 Å². The van der Waals surface area contributed by atoms with E-state index in [4.69, 9.17) is 0 Å². The van der Waals surface area contributed by atoms with Crippen molar-refractivity contribution in [3.05, 3.63) is 88.8 Å². The first-order chi connectivity index (χ1) is 18.1. The van der Waals surface area contributed by atoms with Crippen LogP contribution in [0, 0.1) is 5.41 Å². The molecule has 3 aromatic heterocycles. The molecule has 0 aliphatic carbocycles. The Hall–Kier alpha value is -4.22. The Kier molecular flexibility index (Phi) is 8.08. The number of hydrogen-bond acceptors (Lipinski definition) is 8. The standard InChI is InChI=1S/C27H29N5O6/c1-27(13-18-5-2-8-21(28-18)24(33)34)16-31(14-19-6-3-9-22(29-19)25(35)36)11-12-32(17-27)15-20-7-4-10-23(30-20)26(37)38/h2-10H,11-17H2,1H3,(H,33,34)(H,35,36)(H,37,38). The van der Waals surface area contributed by atoms with E-state index in [1.165, 1.54) is 18.2 Å². The van der Waals surface area contributed by atoms with Gasteiger partial charge in [0.2, 0.25) is 0 Å².